The van der Waals surface area contributed by atoms with Crippen LogP contribution in [-0.4, -0.2) is 12.0 Å². The number of nitrogens with one attached hydrogen (secondary N) is 1. The molecule has 0 saturated carbocycles. The molecule has 2 rings (SSSR count). The molecule has 2 aromatic rings. The first-order chi connectivity index (χ1) is 9.95. The molecule has 0 heterocycles. The molecule has 110 valence electrons. The molecule has 0 aromatic heterocycles. The summed E-state index contributed by atoms with van der Waals surface area (Å²) in [7, 11) is 0. The van der Waals surface area contributed by atoms with Gasteiger partial charge in [-0.3, -0.25) is 4.79 Å². The third-order valence-electron chi connectivity index (χ3n) is 2.88. The Morgan fingerprint density at radius 1 is 1.24 bits per heavy atom. The summed E-state index contributed by atoms with van der Waals surface area (Å²) in [5.41, 5.74) is 1.54. The van der Waals surface area contributed by atoms with Gasteiger partial charge in [-0.25, -0.2) is 4.39 Å². The van der Waals surface area contributed by atoms with E-state index in [2.05, 4.69) is 5.32 Å². The molecule has 0 aliphatic heterocycles. The van der Waals surface area contributed by atoms with Crippen molar-refractivity contribution >= 4 is 23.2 Å². The molecule has 0 radical (unpaired) electrons. The highest BCUT2D eigenvalue weighted by molar-refractivity contribution is 6.33. The quantitative estimate of drug-likeness (QED) is 0.919. The molecule has 0 spiro atoms. The number of carbonyl (C=O) groups is 1. The molecule has 1 amide bonds. The number of carbonyl (C=O) groups excluding carboxylic acids is 1. The highest BCUT2D eigenvalue weighted by Crippen LogP contribution is 2.23. The molecule has 21 heavy (non-hydrogen) atoms. The summed E-state index contributed by atoms with van der Waals surface area (Å²) in [6.45, 7) is 3.53. The van der Waals surface area contributed by atoms with Crippen molar-refractivity contribution < 1.29 is 13.9 Å². The third kappa shape index (κ3) is 4.20. The second-order valence-electron chi connectivity index (χ2n) is 4.69. The number of anilines is 1. The zero-order chi connectivity index (χ0) is 15.4. The van der Waals surface area contributed by atoms with Gasteiger partial charge >= 0.3 is 0 Å². The fourth-order valence-corrected chi connectivity index (χ4v) is 2.01. The van der Waals surface area contributed by atoms with Gasteiger partial charge < -0.3 is 10.1 Å². The fourth-order valence-electron chi connectivity index (χ4n) is 1.73. The Labute approximate surface area is 127 Å². The van der Waals surface area contributed by atoms with E-state index in [0.29, 0.717) is 16.5 Å². The molecule has 1 atom stereocenters. The van der Waals surface area contributed by atoms with E-state index < -0.39 is 6.10 Å². The van der Waals surface area contributed by atoms with E-state index in [-0.39, 0.29) is 11.7 Å². The molecule has 0 bridgehead atoms. The van der Waals surface area contributed by atoms with Crippen molar-refractivity contribution in [2.45, 2.75) is 20.0 Å². The SMILES string of the molecule is Cc1ccc(NC(=O)[C@H](C)Oc2ccc(F)cc2)c(Cl)c1. The van der Waals surface area contributed by atoms with Crippen molar-refractivity contribution in [2.24, 2.45) is 0 Å². The van der Waals surface area contributed by atoms with Gasteiger partial charge in [-0.15, -0.1) is 0 Å². The van der Waals surface area contributed by atoms with Gasteiger partial charge in [0.1, 0.15) is 11.6 Å². The van der Waals surface area contributed by atoms with E-state index >= 15 is 0 Å². The summed E-state index contributed by atoms with van der Waals surface area (Å²) in [4.78, 5) is 12.1. The minimum atomic E-state index is -0.729. The zero-order valence-electron chi connectivity index (χ0n) is 11.7. The second-order valence-corrected chi connectivity index (χ2v) is 5.09. The summed E-state index contributed by atoms with van der Waals surface area (Å²) in [6.07, 6.45) is -0.729. The first-order valence-corrected chi connectivity index (χ1v) is 6.83. The summed E-state index contributed by atoms with van der Waals surface area (Å²) in [6, 6.07) is 10.8. The van der Waals surface area contributed by atoms with Crippen LogP contribution in [0.15, 0.2) is 42.5 Å². The lowest BCUT2D eigenvalue weighted by atomic mass is 10.2. The number of ether oxygens (including phenoxy) is 1. The van der Waals surface area contributed by atoms with E-state index in [1.807, 2.05) is 13.0 Å². The smallest absolute Gasteiger partial charge is 0.265 e. The van der Waals surface area contributed by atoms with Crippen molar-refractivity contribution in [3.63, 3.8) is 0 Å². The van der Waals surface area contributed by atoms with Crippen LogP contribution in [0.4, 0.5) is 10.1 Å². The second kappa shape index (κ2) is 6.59. The molecule has 0 fully saturated rings. The van der Waals surface area contributed by atoms with E-state index in [1.165, 1.54) is 24.3 Å². The van der Waals surface area contributed by atoms with Gasteiger partial charge in [-0.05, 0) is 55.8 Å². The van der Waals surface area contributed by atoms with Crippen LogP contribution in [0, 0.1) is 12.7 Å². The van der Waals surface area contributed by atoms with E-state index in [0.717, 1.165) is 5.56 Å². The Hall–Kier alpha value is -2.07. The number of hydrogen-bond donors (Lipinski definition) is 1. The van der Waals surface area contributed by atoms with Crippen LogP contribution in [0.1, 0.15) is 12.5 Å². The number of benzene rings is 2. The van der Waals surface area contributed by atoms with Gasteiger partial charge in [0, 0.05) is 0 Å². The van der Waals surface area contributed by atoms with Crippen LogP contribution in [0.25, 0.3) is 0 Å². The van der Waals surface area contributed by atoms with E-state index in [9.17, 15) is 9.18 Å². The molecule has 0 saturated heterocycles. The fraction of sp³-hybridized carbons (Fsp3) is 0.188. The monoisotopic (exact) mass is 307 g/mol. The highest BCUT2D eigenvalue weighted by atomic mass is 35.5. The lowest BCUT2D eigenvalue weighted by Gasteiger charge is -2.15. The molecular formula is C16H15ClFNO2. The minimum absolute atomic E-state index is 0.329. The van der Waals surface area contributed by atoms with Gasteiger partial charge in [0.15, 0.2) is 6.10 Å². The average molecular weight is 308 g/mol. The lowest BCUT2D eigenvalue weighted by Crippen LogP contribution is -2.30. The Kier molecular flexibility index (Phi) is 4.81. The van der Waals surface area contributed by atoms with Crippen LogP contribution >= 0.6 is 11.6 Å². The van der Waals surface area contributed by atoms with Crippen molar-refractivity contribution in [2.75, 3.05) is 5.32 Å². The number of rotatable bonds is 4. The number of halogens is 2. The molecule has 3 nitrogen and oxygen atoms in total. The van der Waals surface area contributed by atoms with Crippen molar-refractivity contribution in [3.8, 4) is 5.75 Å². The Morgan fingerprint density at radius 3 is 2.52 bits per heavy atom. The lowest BCUT2D eigenvalue weighted by molar-refractivity contribution is -0.122. The van der Waals surface area contributed by atoms with Gasteiger partial charge in [-0.1, -0.05) is 17.7 Å². The van der Waals surface area contributed by atoms with Crippen molar-refractivity contribution in [1.29, 1.82) is 0 Å². The Bertz CT molecular complexity index is 643. The maximum Gasteiger partial charge on any atom is 0.265 e. The first-order valence-electron chi connectivity index (χ1n) is 6.45. The maximum atomic E-state index is 12.8. The largest absolute Gasteiger partial charge is 0.481 e. The summed E-state index contributed by atoms with van der Waals surface area (Å²) < 4.78 is 18.2. The standard InChI is InChI=1S/C16H15ClFNO2/c1-10-3-8-15(14(17)9-10)19-16(20)11(2)21-13-6-4-12(18)5-7-13/h3-9,11H,1-2H3,(H,19,20)/t11-/m0/s1. The molecule has 0 aliphatic carbocycles. The van der Waals surface area contributed by atoms with Crippen molar-refractivity contribution in [3.05, 3.63) is 58.9 Å². The van der Waals surface area contributed by atoms with Gasteiger partial charge in [0.05, 0.1) is 10.7 Å². The first kappa shape index (κ1) is 15.3. The van der Waals surface area contributed by atoms with Gasteiger partial charge in [0.25, 0.3) is 5.91 Å². The van der Waals surface area contributed by atoms with Crippen LogP contribution in [0.3, 0.4) is 0 Å². The van der Waals surface area contributed by atoms with E-state index in [4.69, 9.17) is 16.3 Å². The molecule has 0 aliphatic rings. The van der Waals surface area contributed by atoms with Crippen LogP contribution < -0.4 is 10.1 Å². The summed E-state index contributed by atoms with van der Waals surface area (Å²) in [5.74, 6) is -0.259. The molecular weight excluding hydrogens is 293 g/mol. The predicted molar refractivity (Wildman–Crippen MR) is 81.3 cm³/mol. The van der Waals surface area contributed by atoms with Crippen molar-refractivity contribution in [1.82, 2.24) is 0 Å². The molecule has 2 aromatic carbocycles. The summed E-state index contributed by atoms with van der Waals surface area (Å²) >= 11 is 6.06. The van der Waals surface area contributed by atoms with Crippen LogP contribution in [0.5, 0.6) is 5.75 Å². The Morgan fingerprint density at radius 2 is 1.90 bits per heavy atom. The minimum Gasteiger partial charge on any atom is -0.481 e. The maximum absolute atomic E-state index is 12.8. The third-order valence-corrected chi connectivity index (χ3v) is 3.19. The predicted octanol–water partition coefficient (Wildman–Crippen LogP) is 4.19. The molecule has 1 N–H and O–H groups in total. The average Bonchev–Trinajstić information content (AvgIpc) is 2.44. The molecule has 5 heteroatoms. The number of hydrogen-bond acceptors (Lipinski definition) is 2. The topological polar surface area (TPSA) is 38.3 Å². The van der Waals surface area contributed by atoms with Gasteiger partial charge in [-0.2, -0.15) is 0 Å². The van der Waals surface area contributed by atoms with E-state index in [1.54, 1.807) is 19.1 Å². The van der Waals surface area contributed by atoms with Crippen LogP contribution in [-0.2, 0) is 4.79 Å². The normalized spacial score (nSPS) is 11.8. The zero-order valence-corrected chi connectivity index (χ0v) is 12.4. The van der Waals surface area contributed by atoms with Crippen LogP contribution in [0.2, 0.25) is 5.02 Å². The molecule has 0 unspecified atom stereocenters. The highest BCUT2D eigenvalue weighted by Gasteiger charge is 2.16. The van der Waals surface area contributed by atoms with Gasteiger partial charge in [0.2, 0.25) is 0 Å². The Balaban J connectivity index is 2.00. The summed E-state index contributed by atoms with van der Waals surface area (Å²) in [5, 5.41) is 3.17. The number of amides is 1. The number of aryl methyl sites for hydroxylation is 1.